The highest BCUT2D eigenvalue weighted by atomic mass is 19.1. The van der Waals surface area contributed by atoms with Crippen LogP contribution in [0, 0.1) is 11.6 Å². The number of carbonyl (C=O) groups excluding carboxylic acids is 3. The maximum atomic E-state index is 13.9. The lowest BCUT2D eigenvalue weighted by Crippen LogP contribution is -2.09. The molecule has 106 valence electrons. The topological polar surface area (TPSA) is 72.8 Å². The second-order valence-corrected chi connectivity index (χ2v) is 3.71. The molecule has 0 aliphatic carbocycles. The first-order valence-corrected chi connectivity index (χ1v) is 5.76. The molecular formula is C13H11F2NO4. The SMILES string of the molecule is CCOC(=O)CCc1ccc(F)c(C(=O)N=C=O)c1F. The van der Waals surface area contributed by atoms with Gasteiger partial charge in [0.05, 0.1) is 6.61 Å². The Kier molecular flexibility index (Phi) is 5.68. The molecule has 0 unspecified atom stereocenters. The molecule has 1 aromatic carbocycles. The second kappa shape index (κ2) is 7.25. The van der Waals surface area contributed by atoms with E-state index in [1.54, 1.807) is 6.92 Å². The van der Waals surface area contributed by atoms with Gasteiger partial charge in [-0.3, -0.25) is 9.59 Å². The van der Waals surface area contributed by atoms with Crippen LogP contribution in [0.2, 0.25) is 0 Å². The van der Waals surface area contributed by atoms with Crippen LogP contribution < -0.4 is 0 Å². The summed E-state index contributed by atoms with van der Waals surface area (Å²) >= 11 is 0. The largest absolute Gasteiger partial charge is 0.466 e. The van der Waals surface area contributed by atoms with E-state index in [-0.39, 0.29) is 25.0 Å². The van der Waals surface area contributed by atoms with E-state index in [4.69, 9.17) is 0 Å². The predicted octanol–water partition coefficient (Wildman–Crippen LogP) is 1.94. The molecule has 7 heteroatoms. The van der Waals surface area contributed by atoms with Crippen molar-refractivity contribution >= 4 is 18.0 Å². The summed E-state index contributed by atoms with van der Waals surface area (Å²) in [4.78, 5) is 35.1. The van der Waals surface area contributed by atoms with Gasteiger partial charge in [-0.25, -0.2) is 13.6 Å². The smallest absolute Gasteiger partial charge is 0.306 e. The zero-order chi connectivity index (χ0) is 15.1. The van der Waals surface area contributed by atoms with E-state index < -0.39 is 29.1 Å². The first-order chi connectivity index (χ1) is 9.51. The Morgan fingerprint density at radius 2 is 2.05 bits per heavy atom. The van der Waals surface area contributed by atoms with Gasteiger partial charge in [0.25, 0.3) is 5.91 Å². The molecule has 0 bridgehead atoms. The van der Waals surface area contributed by atoms with Crippen molar-refractivity contribution < 1.29 is 27.9 Å². The Hall–Kier alpha value is -2.40. The van der Waals surface area contributed by atoms with Gasteiger partial charge in [0.1, 0.15) is 17.2 Å². The van der Waals surface area contributed by atoms with Gasteiger partial charge < -0.3 is 4.74 Å². The van der Waals surface area contributed by atoms with E-state index in [1.165, 1.54) is 0 Å². The lowest BCUT2D eigenvalue weighted by atomic mass is 10.0. The third kappa shape index (κ3) is 3.80. The number of amides is 1. The zero-order valence-corrected chi connectivity index (χ0v) is 10.6. The Labute approximate surface area is 113 Å². The fourth-order valence-electron chi connectivity index (χ4n) is 1.55. The quantitative estimate of drug-likeness (QED) is 0.470. The highest BCUT2D eigenvalue weighted by molar-refractivity contribution is 5.98. The van der Waals surface area contributed by atoms with E-state index in [1.807, 2.05) is 0 Å². The molecule has 1 rings (SSSR count). The number of ether oxygens (including phenoxy) is 1. The number of halogens is 2. The van der Waals surface area contributed by atoms with Crippen molar-refractivity contribution in [3.8, 4) is 0 Å². The number of carbonyl (C=O) groups is 2. The Morgan fingerprint density at radius 1 is 1.35 bits per heavy atom. The summed E-state index contributed by atoms with van der Waals surface area (Å²) in [6.45, 7) is 1.83. The van der Waals surface area contributed by atoms with Crippen molar-refractivity contribution in [1.29, 1.82) is 0 Å². The molecule has 1 amide bonds. The molecule has 0 N–H and O–H groups in total. The molecule has 0 aliphatic heterocycles. The number of isocyanates is 1. The fraction of sp³-hybridized carbons (Fsp3) is 0.308. The molecule has 5 nitrogen and oxygen atoms in total. The minimum absolute atomic E-state index is 0.0381. The summed E-state index contributed by atoms with van der Waals surface area (Å²) in [5.74, 6) is -4.16. The number of esters is 1. The van der Waals surface area contributed by atoms with Gasteiger partial charge in [-0.2, -0.15) is 0 Å². The van der Waals surface area contributed by atoms with Gasteiger partial charge in [0.15, 0.2) is 0 Å². The highest BCUT2D eigenvalue weighted by Crippen LogP contribution is 2.19. The molecule has 0 aromatic heterocycles. The maximum Gasteiger partial charge on any atom is 0.306 e. The molecule has 0 saturated carbocycles. The summed E-state index contributed by atoms with van der Waals surface area (Å²) in [7, 11) is 0. The average molecular weight is 283 g/mol. The molecule has 0 atom stereocenters. The maximum absolute atomic E-state index is 13.9. The number of benzene rings is 1. The van der Waals surface area contributed by atoms with Gasteiger partial charge in [0.2, 0.25) is 6.08 Å². The summed E-state index contributed by atoms with van der Waals surface area (Å²) in [5, 5.41) is 0. The molecular weight excluding hydrogens is 272 g/mol. The Bertz CT molecular complexity index is 580. The molecule has 20 heavy (non-hydrogen) atoms. The van der Waals surface area contributed by atoms with Gasteiger partial charge in [0, 0.05) is 6.42 Å². The zero-order valence-electron chi connectivity index (χ0n) is 10.6. The van der Waals surface area contributed by atoms with Crippen LogP contribution in [0.3, 0.4) is 0 Å². The van der Waals surface area contributed by atoms with Crippen molar-refractivity contribution in [3.63, 3.8) is 0 Å². The third-order valence-electron chi connectivity index (χ3n) is 2.44. The van der Waals surface area contributed by atoms with Crippen LogP contribution in [0.1, 0.15) is 29.3 Å². The van der Waals surface area contributed by atoms with Crippen LogP contribution in [0.5, 0.6) is 0 Å². The highest BCUT2D eigenvalue weighted by Gasteiger charge is 2.20. The summed E-state index contributed by atoms with van der Waals surface area (Å²) in [5.41, 5.74) is -0.974. The van der Waals surface area contributed by atoms with E-state index in [9.17, 15) is 23.2 Å². The lowest BCUT2D eigenvalue weighted by molar-refractivity contribution is -0.143. The third-order valence-corrected chi connectivity index (χ3v) is 2.44. The van der Waals surface area contributed by atoms with Crippen molar-refractivity contribution in [1.82, 2.24) is 0 Å². The first-order valence-electron chi connectivity index (χ1n) is 5.76. The van der Waals surface area contributed by atoms with Crippen LogP contribution >= 0.6 is 0 Å². The van der Waals surface area contributed by atoms with Gasteiger partial charge in [-0.1, -0.05) is 6.07 Å². The Balaban J connectivity index is 3.00. The van der Waals surface area contributed by atoms with Crippen molar-refractivity contribution in [2.75, 3.05) is 6.61 Å². The van der Waals surface area contributed by atoms with Crippen LogP contribution in [0.15, 0.2) is 17.1 Å². The van der Waals surface area contributed by atoms with Gasteiger partial charge in [-0.05, 0) is 25.0 Å². The molecule has 1 aromatic rings. The molecule has 0 fully saturated rings. The fourth-order valence-corrected chi connectivity index (χ4v) is 1.55. The summed E-state index contributed by atoms with van der Waals surface area (Å²) in [6, 6.07) is 1.99. The monoisotopic (exact) mass is 283 g/mol. The minimum atomic E-state index is -1.35. The van der Waals surface area contributed by atoms with Crippen LogP contribution in [-0.4, -0.2) is 24.6 Å². The van der Waals surface area contributed by atoms with Crippen molar-refractivity contribution in [3.05, 3.63) is 34.9 Å². The molecule has 0 radical (unpaired) electrons. The number of hydrogen-bond donors (Lipinski definition) is 0. The van der Waals surface area contributed by atoms with Gasteiger partial charge in [-0.15, -0.1) is 4.99 Å². The normalized spacial score (nSPS) is 9.75. The second-order valence-electron chi connectivity index (χ2n) is 3.71. The number of aryl methyl sites for hydroxylation is 1. The number of aliphatic imine (C=N–C) groups is 1. The van der Waals surface area contributed by atoms with Crippen LogP contribution in [-0.2, 0) is 20.7 Å². The molecule has 0 aliphatic rings. The predicted molar refractivity (Wildman–Crippen MR) is 63.8 cm³/mol. The van der Waals surface area contributed by atoms with Gasteiger partial charge >= 0.3 is 5.97 Å². The minimum Gasteiger partial charge on any atom is -0.466 e. The van der Waals surface area contributed by atoms with E-state index in [0.29, 0.717) is 0 Å². The molecule has 0 heterocycles. The number of hydrogen-bond acceptors (Lipinski definition) is 4. The van der Waals surface area contributed by atoms with Crippen molar-refractivity contribution in [2.24, 2.45) is 4.99 Å². The molecule has 0 saturated heterocycles. The van der Waals surface area contributed by atoms with E-state index in [2.05, 4.69) is 9.73 Å². The average Bonchev–Trinajstić information content (AvgIpc) is 2.38. The van der Waals surface area contributed by atoms with Crippen LogP contribution in [0.25, 0.3) is 0 Å². The lowest BCUT2D eigenvalue weighted by Gasteiger charge is -2.07. The van der Waals surface area contributed by atoms with Crippen molar-refractivity contribution in [2.45, 2.75) is 19.8 Å². The summed E-state index contributed by atoms with van der Waals surface area (Å²) in [6.07, 6.45) is 0.755. The Morgan fingerprint density at radius 3 is 2.65 bits per heavy atom. The first kappa shape index (κ1) is 15.7. The summed E-state index contributed by atoms with van der Waals surface area (Å²) < 4.78 is 32.0. The number of rotatable bonds is 5. The standard InChI is InChI=1S/C13H11F2NO4/c1-2-20-10(18)6-4-8-3-5-9(14)11(12(8)15)13(19)16-7-17/h3,5H,2,4,6H2,1H3. The number of nitrogens with zero attached hydrogens (tertiary/aromatic N) is 1. The molecule has 0 spiro atoms. The van der Waals surface area contributed by atoms with Crippen LogP contribution in [0.4, 0.5) is 8.78 Å². The van der Waals surface area contributed by atoms with E-state index in [0.717, 1.165) is 18.2 Å². The van der Waals surface area contributed by atoms with E-state index >= 15 is 0 Å².